The topological polar surface area (TPSA) is 76.4 Å². The van der Waals surface area contributed by atoms with E-state index in [4.69, 9.17) is 23.2 Å². The Labute approximate surface area is 191 Å². The first-order valence-corrected chi connectivity index (χ1v) is 10.5. The van der Waals surface area contributed by atoms with Gasteiger partial charge in [0.2, 0.25) is 5.91 Å². The fourth-order valence-corrected chi connectivity index (χ4v) is 3.99. The summed E-state index contributed by atoms with van der Waals surface area (Å²) < 4.78 is 0. The largest absolute Gasteiger partial charge is 0.356 e. The smallest absolute Gasteiger partial charge is 0.220 e. The Morgan fingerprint density at radius 2 is 1.65 bits per heavy atom. The first kappa shape index (κ1) is 22.7. The summed E-state index contributed by atoms with van der Waals surface area (Å²) in [6, 6.07) is 15.0. The molecule has 2 aromatic rings. The number of allylic oxidation sites excluding steroid dienone is 1. The summed E-state index contributed by atoms with van der Waals surface area (Å²) >= 11 is 12.1. The molecule has 0 fully saturated rings. The number of amides is 1. The summed E-state index contributed by atoms with van der Waals surface area (Å²) in [5.74, 6) is -0.105. The van der Waals surface area contributed by atoms with E-state index in [1.165, 1.54) is 0 Å². The van der Waals surface area contributed by atoms with E-state index < -0.39 is 0 Å². The van der Waals surface area contributed by atoms with Crippen molar-refractivity contribution in [3.8, 4) is 6.07 Å². The molecule has 2 aromatic carbocycles. The van der Waals surface area contributed by atoms with Gasteiger partial charge in [0, 0.05) is 33.5 Å². The molecule has 1 aliphatic heterocycles. The molecule has 1 N–H and O–H groups in total. The fraction of sp³-hybridized carbons (Fsp3) is 0.261. The van der Waals surface area contributed by atoms with Gasteiger partial charge >= 0.3 is 0 Å². The van der Waals surface area contributed by atoms with Crippen LogP contribution in [0.25, 0.3) is 0 Å². The molecule has 3 rings (SSSR count). The number of anilines is 2. The van der Waals surface area contributed by atoms with Crippen molar-refractivity contribution < 1.29 is 9.59 Å². The molecule has 0 aromatic heterocycles. The lowest BCUT2D eigenvalue weighted by atomic mass is 10.1. The highest BCUT2D eigenvalue weighted by atomic mass is 35.5. The van der Waals surface area contributed by atoms with Crippen LogP contribution in [0.1, 0.15) is 18.4 Å². The maximum Gasteiger partial charge on any atom is 0.220 e. The van der Waals surface area contributed by atoms with Crippen LogP contribution < -0.4 is 15.1 Å². The van der Waals surface area contributed by atoms with Gasteiger partial charge in [-0.2, -0.15) is 5.26 Å². The standard InChI is InChI=1S/C23H22Cl2N4O2/c1-28-18-8-3-4-9-19(18)29(2)23(28)16(14-26)20(30)10-11-21(31)27-13-12-15-6-5-7-17(24)22(15)25/h3-9H,10-13H2,1-2H3,(H,27,31). The van der Waals surface area contributed by atoms with Crippen molar-refractivity contribution >= 4 is 46.3 Å². The monoisotopic (exact) mass is 456 g/mol. The summed E-state index contributed by atoms with van der Waals surface area (Å²) in [6.45, 7) is 0.375. The van der Waals surface area contributed by atoms with Crippen LogP contribution in [-0.2, 0) is 16.0 Å². The summed E-state index contributed by atoms with van der Waals surface area (Å²) in [5, 5.41) is 13.4. The molecule has 160 valence electrons. The van der Waals surface area contributed by atoms with Crippen LogP contribution in [0, 0.1) is 11.3 Å². The van der Waals surface area contributed by atoms with Crippen LogP contribution in [0.15, 0.2) is 53.9 Å². The summed E-state index contributed by atoms with van der Waals surface area (Å²) in [6.07, 6.45) is 0.482. The van der Waals surface area contributed by atoms with Gasteiger partial charge in [0.15, 0.2) is 5.78 Å². The van der Waals surface area contributed by atoms with Crippen molar-refractivity contribution in [3.63, 3.8) is 0 Å². The van der Waals surface area contributed by atoms with E-state index in [1.54, 1.807) is 12.1 Å². The third-order valence-electron chi connectivity index (χ3n) is 5.18. The van der Waals surface area contributed by atoms with Gasteiger partial charge in [0.05, 0.1) is 21.4 Å². The minimum atomic E-state index is -0.364. The Hall–Kier alpha value is -3.01. The SMILES string of the molecule is CN1C(=C(C#N)C(=O)CCC(=O)NCCc2cccc(Cl)c2Cl)N(C)c2ccccc21. The van der Waals surface area contributed by atoms with Gasteiger partial charge in [-0.3, -0.25) is 9.59 Å². The van der Waals surface area contributed by atoms with Gasteiger partial charge in [0.25, 0.3) is 0 Å². The van der Waals surface area contributed by atoms with E-state index in [0.717, 1.165) is 16.9 Å². The Bertz CT molecular complexity index is 1060. The van der Waals surface area contributed by atoms with Gasteiger partial charge in [0.1, 0.15) is 17.5 Å². The third-order valence-corrected chi connectivity index (χ3v) is 6.04. The zero-order chi connectivity index (χ0) is 22.5. The van der Waals surface area contributed by atoms with Crippen molar-refractivity contribution in [2.24, 2.45) is 0 Å². The van der Waals surface area contributed by atoms with Gasteiger partial charge < -0.3 is 15.1 Å². The number of carbonyl (C=O) groups is 2. The predicted octanol–water partition coefficient (Wildman–Crippen LogP) is 4.32. The van der Waals surface area contributed by atoms with Crippen molar-refractivity contribution in [2.75, 3.05) is 30.4 Å². The Morgan fingerprint density at radius 1 is 1.00 bits per heavy atom. The quantitative estimate of drug-likeness (QED) is 0.495. The minimum Gasteiger partial charge on any atom is -0.356 e. The number of nitriles is 1. The number of ketones is 1. The molecule has 0 unspecified atom stereocenters. The molecule has 0 saturated carbocycles. The van der Waals surface area contributed by atoms with Crippen LogP contribution >= 0.6 is 23.2 Å². The second-order valence-electron chi connectivity index (χ2n) is 7.15. The van der Waals surface area contributed by atoms with Gasteiger partial charge in [-0.25, -0.2) is 0 Å². The summed E-state index contributed by atoms with van der Waals surface area (Å²) in [5.41, 5.74) is 2.71. The molecule has 1 amide bonds. The van der Waals surface area contributed by atoms with Crippen LogP contribution in [0.2, 0.25) is 10.0 Å². The number of hydrogen-bond donors (Lipinski definition) is 1. The molecular formula is C23H22Cl2N4O2. The zero-order valence-corrected chi connectivity index (χ0v) is 18.8. The normalized spacial score (nSPS) is 12.4. The van der Waals surface area contributed by atoms with E-state index in [9.17, 15) is 14.9 Å². The van der Waals surface area contributed by atoms with Crippen LogP contribution in [0.4, 0.5) is 11.4 Å². The number of nitrogens with one attached hydrogen (secondary N) is 1. The molecule has 0 saturated heterocycles. The fourth-order valence-electron chi connectivity index (χ4n) is 3.58. The van der Waals surface area contributed by atoms with E-state index >= 15 is 0 Å². The number of Topliss-reactive ketones (excluding diaryl/α,β-unsaturated/α-hetero) is 1. The molecule has 1 heterocycles. The van der Waals surface area contributed by atoms with Gasteiger partial charge in [-0.1, -0.05) is 47.5 Å². The Morgan fingerprint density at radius 3 is 2.26 bits per heavy atom. The summed E-state index contributed by atoms with van der Waals surface area (Å²) in [4.78, 5) is 28.6. The van der Waals surface area contributed by atoms with E-state index in [-0.39, 0.29) is 30.1 Å². The molecule has 0 aliphatic carbocycles. The van der Waals surface area contributed by atoms with Gasteiger partial charge in [-0.05, 0) is 30.2 Å². The lowest BCUT2D eigenvalue weighted by molar-refractivity contribution is -0.124. The number of carbonyl (C=O) groups excluding carboxylic acids is 2. The van der Waals surface area contributed by atoms with E-state index in [1.807, 2.05) is 60.3 Å². The maximum absolute atomic E-state index is 12.7. The molecule has 0 atom stereocenters. The Kier molecular flexibility index (Phi) is 7.21. The number of nitrogens with zero attached hydrogens (tertiary/aromatic N) is 3. The highest BCUT2D eigenvalue weighted by Gasteiger charge is 2.31. The maximum atomic E-state index is 12.7. The minimum absolute atomic E-state index is 0.000941. The molecule has 31 heavy (non-hydrogen) atoms. The molecule has 0 spiro atoms. The average molecular weight is 457 g/mol. The number of halogens is 2. The second-order valence-corrected chi connectivity index (χ2v) is 7.94. The highest BCUT2D eigenvalue weighted by Crippen LogP contribution is 2.40. The van der Waals surface area contributed by atoms with Crippen molar-refractivity contribution in [3.05, 3.63) is 69.5 Å². The molecule has 0 radical (unpaired) electrons. The molecule has 1 aliphatic rings. The second kappa shape index (κ2) is 9.86. The van der Waals surface area contributed by atoms with Crippen LogP contribution in [0.5, 0.6) is 0 Å². The average Bonchev–Trinajstić information content (AvgIpc) is 3.01. The number of rotatable bonds is 7. The molecule has 6 nitrogen and oxygen atoms in total. The molecule has 8 heteroatoms. The number of para-hydroxylation sites is 2. The highest BCUT2D eigenvalue weighted by molar-refractivity contribution is 6.42. The number of fused-ring (bicyclic) bond motifs is 1. The van der Waals surface area contributed by atoms with E-state index in [2.05, 4.69) is 5.32 Å². The first-order chi connectivity index (χ1) is 14.8. The number of benzene rings is 2. The molecule has 0 bridgehead atoms. The van der Waals surface area contributed by atoms with E-state index in [0.29, 0.717) is 28.8 Å². The van der Waals surface area contributed by atoms with Crippen LogP contribution in [0.3, 0.4) is 0 Å². The Balaban J connectivity index is 1.58. The van der Waals surface area contributed by atoms with Gasteiger partial charge in [-0.15, -0.1) is 0 Å². The first-order valence-electron chi connectivity index (χ1n) is 9.78. The third kappa shape index (κ3) is 4.84. The lowest BCUT2D eigenvalue weighted by Gasteiger charge is -2.19. The van der Waals surface area contributed by atoms with Crippen molar-refractivity contribution in [2.45, 2.75) is 19.3 Å². The lowest BCUT2D eigenvalue weighted by Crippen LogP contribution is -2.28. The van der Waals surface area contributed by atoms with Crippen LogP contribution in [-0.4, -0.2) is 32.3 Å². The van der Waals surface area contributed by atoms with Crippen molar-refractivity contribution in [1.29, 1.82) is 5.26 Å². The number of hydrogen-bond acceptors (Lipinski definition) is 5. The molecular weight excluding hydrogens is 435 g/mol. The zero-order valence-electron chi connectivity index (χ0n) is 17.3. The predicted molar refractivity (Wildman–Crippen MR) is 123 cm³/mol. The summed E-state index contributed by atoms with van der Waals surface area (Å²) in [7, 11) is 3.63. The van der Waals surface area contributed by atoms with Crippen molar-refractivity contribution in [1.82, 2.24) is 5.32 Å².